The van der Waals surface area contributed by atoms with Crippen LogP contribution in [0, 0.1) is 22.9 Å². The van der Waals surface area contributed by atoms with Gasteiger partial charge in [-0.05, 0) is 19.1 Å². The standard InChI is InChI=1S/C14H12ClFN2O4S/c1-9-12(15)6-11(7-14(9)18(19)20)23(21,22)17-8-10-4-2-3-5-13(10)16/h2-7,17H,8H2,1H3. The minimum atomic E-state index is -4.08. The van der Waals surface area contributed by atoms with Crippen molar-refractivity contribution in [3.8, 4) is 0 Å². The Balaban J connectivity index is 2.33. The van der Waals surface area contributed by atoms with E-state index in [0.717, 1.165) is 12.1 Å². The van der Waals surface area contributed by atoms with Crippen molar-refractivity contribution < 1.29 is 17.7 Å². The molecule has 23 heavy (non-hydrogen) atoms. The fourth-order valence-corrected chi connectivity index (χ4v) is 3.21. The summed E-state index contributed by atoms with van der Waals surface area (Å²) >= 11 is 5.85. The van der Waals surface area contributed by atoms with Crippen molar-refractivity contribution in [3.63, 3.8) is 0 Å². The summed E-state index contributed by atoms with van der Waals surface area (Å²) in [5, 5.41) is 10.9. The maximum absolute atomic E-state index is 13.5. The van der Waals surface area contributed by atoms with Crippen LogP contribution in [0.4, 0.5) is 10.1 Å². The van der Waals surface area contributed by atoms with Crippen LogP contribution in [0.25, 0.3) is 0 Å². The minimum Gasteiger partial charge on any atom is -0.258 e. The number of hydrogen-bond donors (Lipinski definition) is 1. The van der Waals surface area contributed by atoms with E-state index in [0.29, 0.717) is 0 Å². The summed E-state index contributed by atoms with van der Waals surface area (Å²) in [6.45, 7) is 1.14. The predicted octanol–water partition coefficient (Wildman–Crippen LogP) is 3.17. The molecule has 2 rings (SSSR count). The van der Waals surface area contributed by atoms with E-state index >= 15 is 0 Å². The van der Waals surface area contributed by atoms with Crippen molar-refractivity contribution in [2.24, 2.45) is 0 Å². The molecule has 0 heterocycles. The Hall–Kier alpha value is -2.03. The molecule has 0 unspecified atom stereocenters. The molecule has 6 nitrogen and oxygen atoms in total. The minimum absolute atomic E-state index is 0.0366. The highest BCUT2D eigenvalue weighted by Gasteiger charge is 2.22. The molecule has 0 aromatic heterocycles. The van der Waals surface area contributed by atoms with Crippen LogP contribution in [0.1, 0.15) is 11.1 Å². The molecule has 0 bridgehead atoms. The van der Waals surface area contributed by atoms with E-state index in [1.54, 1.807) is 6.07 Å². The van der Waals surface area contributed by atoms with Crippen LogP contribution in [0.5, 0.6) is 0 Å². The number of benzene rings is 2. The maximum atomic E-state index is 13.5. The second-order valence-corrected chi connectivity index (χ2v) is 6.90. The van der Waals surface area contributed by atoms with Crippen LogP contribution in [0.3, 0.4) is 0 Å². The van der Waals surface area contributed by atoms with Crippen molar-refractivity contribution in [1.82, 2.24) is 4.72 Å². The van der Waals surface area contributed by atoms with Gasteiger partial charge in [-0.3, -0.25) is 10.1 Å². The zero-order chi connectivity index (χ0) is 17.2. The van der Waals surface area contributed by atoms with E-state index in [2.05, 4.69) is 4.72 Å². The monoisotopic (exact) mass is 358 g/mol. The smallest absolute Gasteiger partial charge is 0.258 e. The molecule has 1 N–H and O–H groups in total. The average Bonchev–Trinajstić information content (AvgIpc) is 2.48. The summed E-state index contributed by atoms with van der Waals surface area (Å²) in [7, 11) is -4.08. The lowest BCUT2D eigenvalue weighted by Gasteiger charge is -2.09. The highest BCUT2D eigenvalue weighted by Crippen LogP contribution is 2.29. The molecule has 0 aliphatic carbocycles. The molecule has 2 aromatic carbocycles. The first-order valence-corrected chi connectivity index (χ1v) is 8.26. The van der Waals surface area contributed by atoms with Gasteiger partial charge in [0.15, 0.2) is 0 Å². The Morgan fingerprint density at radius 2 is 1.96 bits per heavy atom. The molecular formula is C14H12ClFN2O4S. The highest BCUT2D eigenvalue weighted by atomic mass is 35.5. The van der Waals surface area contributed by atoms with Crippen LogP contribution < -0.4 is 4.72 Å². The zero-order valence-corrected chi connectivity index (χ0v) is 13.5. The van der Waals surface area contributed by atoms with E-state index in [-0.39, 0.29) is 27.6 Å². The second-order valence-electron chi connectivity index (χ2n) is 4.72. The molecule has 0 amide bonds. The van der Waals surface area contributed by atoms with Crippen LogP contribution >= 0.6 is 11.6 Å². The number of nitrogens with zero attached hydrogens (tertiary/aromatic N) is 1. The first kappa shape index (κ1) is 17.3. The number of nitro benzene ring substituents is 1. The normalized spacial score (nSPS) is 11.4. The summed E-state index contributed by atoms with van der Waals surface area (Å²) in [4.78, 5) is 9.90. The topological polar surface area (TPSA) is 89.3 Å². The SMILES string of the molecule is Cc1c(Cl)cc(S(=O)(=O)NCc2ccccc2F)cc1[N+](=O)[O-]. The van der Waals surface area contributed by atoms with E-state index in [1.165, 1.54) is 25.1 Å². The van der Waals surface area contributed by atoms with Gasteiger partial charge in [0.05, 0.1) is 14.8 Å². The van der Waals surface area contributed by atoms with E-state index < -0.39 is 26.5 Å². The van der Waals surface area contributed by atoms with E-state index in [4.69, 9.17) is 11.6 Å². The molecular weight excluding hydrogens is 347 g/mol. The Kier molecular flexibility index (Phi) is 4.98. The van der Waals surface area contributed by atoms with Crippen molar-refractivity contribution >= 4 is 27.3 Å². The van der Waals surface area contributed by atoms with Gasteiger partial charge < -0.3 is 0 Å². The Morgan fingerprint density at radius 3 is 2.57 bits per heavy atom. The average molecular weight is 359 g/mol. The maximum Gasteiger partial charge on any atom is 0.275 e. The van der Waals surface area contributed by atoms with Gasteiger partial charge in [-0.2, -0.15) is 0 Å². The third kappa shape index (κ3) is 3.84. The van der Waals surface area contributed by atoms with Gasteiger partial charge in [-0.1, -0.05) is 29.8 Å². The lowest BCUT2D eigenvalue weighted by atomic mass is 10.2. The number of hydrogen-bond acceptors (Lipinski definition) is 4. The molecule has 0 fully saturated rings. The van der Waals surface area contributed by atoms with Gasteiger partial charge in [0.1, 0.15) is 5.82 Å². The van der Waals surface area contributed by atoms with Gasteiger partial charge >= 0.3 is 0 Å². The Morgan fingerprint density at radius 1 is 1.30 bits per heavy atom. The lowest BCUT2D eigenvalue weighted by Crippen LogP contribution is -2.24. The summed E-state index contributed by atoms with van der Waals surface area (Å²) in [6.07, 6.45) is 0. The van der Waals surface area contributed by atoms with Gasteiger partial charge in [0.2, 0.25) is 10.0 Å². The van der Waals surface area contributed by atoms with Gasteiger partial charge in [0.25, 0.3) is 5.69 Å². The van der Waals surface area contributed by atoms with Crippen LogP contribution in [-0.2, 0) is 16.6 Å². The van der Waals surface area contributed by atoms with Crippen LogP contribution in [0.2, 0.25) is 5.02 Å². The molecule has 0 saturated heterocycles. The van der Waals surface area contributed by atoms with Gasteiger partial charge in [-0.15, -0.1) is 0 Å². The molecule has 9 heteroatoms. The quantitative estimate of drug-likeness (QED) is 0.656. The number of nitro groups is 1. The molecule has 0 atom stereocenters. The molecule has 0 radical (unpaired) electrons. The fourth-order valence-electron chi connectivity index (χ4n) is 1.88. The van der Waals surface area contributed by atoms with Crippen LogP contribution in [0.15, 0.2) is 41.3 Å². The Labute approximate surface area is 137 Å². The zero-order valence-electron chi connectivity index (χ0n) is 11.9. The molecule has 0 saturated carbocycles. The molecule has 0 aliphatic rings. The summed E-state index contributed by atoms with van der Waals surface area (Å²) in [6, 6.07) is 7.73. The molecule has 2 aromatic rings. The van der Waals surface area contributed by atoms with Gasteiger partial charge in [0, 0.05) is 23.7 Å². The number of sulfonamides is 1. The number of nitrogens with one attached hydrogen (secondary N) is 1. The van der Waals surface area contributed by atoms with Crippen molar-refractivity contribution in [2.45, 2.75) is 18.4 Å². The van der Waals surface area contributed by atoms with E-state index in [9.17, 15) is 22.9 Å². The summed E-state index contributed by atoms with van der Waals surface area (Å²) in [5.74, 6) is -0.553. The number of rotatable bonds is 5. The number of halogens is 2. The summed E-state index contributed by atoms with van der Waals surface area (Å²) in [5.41, 5.74) is -0.0720. The first-order chi connectivity index (χ1) is 10.7. The van der Waals surface area contributed by atoms with Gasteiger partial charge in [-0.25, -0.2) is 17.5 Å². The van der Waals surface area contributed by atoms with Crippen molar-refractivity contribution in [2.75, 3.05) is 0 Å². The summed E-state index contributed by atoms with van der Waals surface area (Å²) < 4.78 is 40.2. The third-order valence-electron chi connectivity index (χ3n) is 3.21. The second kappa shape index (κ2) is 6.61. The van der Waals surface area contributed by atoms with Crippen molar-refractivity contribution in [3.05, 3.63) is 68.5 Å². The lowest BCUT2D eigenvalue weighted by molar-refractivity contribution is -0.385. The molecule has 0 spiro atoms. The van der Waals surface area contributed by atoms with E-state index in [1.807, 2.05) is 0 Å². The third-order valence-corrected chi connectivity index (χ3v) is 4.98. The largest absolute Gasteiger partial charge is 0.275 e. The highest BCUT2D eigenvalue weighted by molar-refractivity contribution is 7.89. The molecule has 0 aliphatic heterocycles. The molecule has 122 valence electrons. The first-order valence-electron chi connectivity index (χ1n) is 6.40. The van der Waals surface area contributed by atoms with Crippen molar-refractivity contribution in [1.29, 1.82) is 0 Å². The predicted molar refractivity (Wildman–Crippen MR) is 83.3 cm³/mol. The van der Waals surface area contributed by atoms with Crippen LogP contribution in [-0.4, -0.2) is 13.3 Å². The fraction of sp³-hybridized carbons (Fsp3) is 0.143. The Bertz CT molecular complexity index is 871.